The average Bonchev–Trinajstić information content (AvgIpc) is 2.47. The van der Waals surface area contributed by atoms with Gasteiger partial charge in [-0.25, -0.2) is 4.79 Å². The van der Waals surface area contributed by atoms with Crippen molar-refractivity contribution in [1.82, 2.24) is 4.98 Å². The lowest BCUT2D eigenvalue weighted by atomic mass is 10.1. The Labute approximate surface area is 69.2 Å². The molecule has 1 aromatic heterocycles. The Morgan fingerprint density at radius 2 is 2.50 bits per heavy atom. The Balaban J connectivity index is 2.44. The van der Waals surface area contributed by atoms with E-state index < -0.39 is 5.97 Å². The first kappa shape index (κ1) is 7.21. The van der Waals surface area contributed by atoms with Crippen molar-refractivity contribution in [3.05, 3.63) is 17.5 Å². The summed E-state index contributed by atoms with van der Waals surface area (Å²) in [5.41, 5.74) is 1.14. The Morgan fingerprint density at radius 1 is 1.67 bits per heavy atom. The Morgan fingerprint density at radius 3 is 3.25 bits per heavy atom. The molecule has 1 aliphatic heterocycles. The van der Waals surface area contributed by atoms with Crippen LogP contribution in [0.2, 0.25) is 0 Å². The van der Waals surface area contributed by atoms with Gasteiger partial charge in [-0.1, -0.05) is 0 Å². The summed E-state index contributed by atoms with van der Waals surface area (Å²) in [7, 11) is 0. The van der Waals surface area contributed by atoms with Crippen molar-refractivity contribution in [2.24, 2.45) is 0 Å². The second kappa shape index (κ2) is 2.55. The van der Waals surface area contributed by atoms with Gasteiger partial charge in [0.15, 0.2) is 11.4 Å². The monoisotopic (exact) mass is 167 g/mol. The number of ether oxygens (including phenoxy) is 1. The van der Waals surface area contributed by atoms with Gasteiger partial charge in [-0.2, -0.15) is 0 Å². The number of hydrogen-bond donors (Lipinski definition) is 2. The van der Waals surface area contributed by atoms with Gasteiger partial charge in [0.05, 0.1) is 6.61 Å². The van der Waals surface area contributed by atoms with Gasteiger partial charge in [-0.05, 0) is 12.8 Å². The number of fused-ring (bicyclic) bond motifs is 1. The Hall–Kier alpha value is -1.45. The largest absolute Gasteiger partial charge is 0.491 e. The van der Waals surface area contributed by atoms with Crippen molar-refractivity contribution in [2.75, 3.05) is 6.61 Å². The van der Waals surface area contributed by atoms with Gasteiger partial charge in [0.1, 0.15) is 0 Å². The summed E-state index contributed by atoms with van der Waals surface area (Å²) >= 11 is 0. The molecule has 0 spiro atoms. The zero-order valence-corrected chi connectivity index (χ0v) is 6.46. The summed E-state index contributed by atoms with van der Waals surface area (Å²) in [5.74, 6) is -0.438. The molecule has 1 aromatic rings. The molecule has 0 saturated carbocycles. The van der Waals surface area contributed by atoms with E-state index in [1.54, 1.807) is 6.20 Å². The first-order chi connectivity index (χ1) is 5.79. The summed E-state index contributed by atoms with van der Waals surface area (Å²) in [6, 6.07) is 0. The van der Waals surface area contributed by atoms with E-state index in [9.17, 15) is 4.79 Å². The highest BCUT2D eigenvalue weighted by molar-refractivity contribution is 5.89. The lowest BCUT2D eigenvalue weighted by Gasteiger charge is -2.12. The number of nitrogens with one attached hydrogen (secondary N) is 1. The average molecular weight is 167 g/mol. The van der Waals surface area contributed by atoms with Crippen LogP contribution in [0.5, 0.6) is 5.75 Å². The first-order valence-electron chi connectivity index (χ1n) is 3.85. The highest BCUT2D eigenvalue weighted by Gasteiger charge is 2.20. The number of H-pyrrole nitrogens is 1. The number of carbonyl (C=O) groups is 1. The molecule has 4 heteroatoms. The third-order valence-corrected chi connectivity index (χ3v) is 1.96. The summed E-state index contributed by atoms with van der Waals surface area (Å²) < 4.78 is 5.24. The fourth-order valence-corrected chi connectivity index (χ4v) is 1.40. The molecule has 0 amide bonds. The minimum atomic E-state index is -0.960. The van der Waals surface area contributed by atoms with E-state index >= 15 is 0 Å². The zero-order chi connectivity index (χ0) is 8.55. The smallest absolute Gasteiger partial charge is 0.356 e. The molecule has 4 nitrogen and oxygen atoms in total. The number of aromatic carboxylic acids is 1. The van der Waals surface area contributed by atoms with Crippen molar-refractivity contribution in [3.63, 3.8) is 0 Å². The molecule has 2 rings (SSSR count). The molecular weight excluding hydrogens is 158 g/mol. The number of hydrogen-bond acceptors (Lipinski definition) is 2. The molecule has 2 heterocycles. The van der Waals surface area contributed by atoms with Gasteiger partial charge in [0.2, 0.25) is 0 Å². The van der Waals surface area contributed by atoms with E-state index in [2.05, 4.69) is 4.98 Å². The Kier molecular flexibility index (Phi) is 1.53. The van der Waals surface area contributed by atoms with Crippen molar-refractivity contribution in [3.8, 4) is 5.75 Å². The summed E-state index contributed by atoms with van der Waals surface area (Å²) in [5, 5.41) is 8.72. The van der Waals surface area contributed by atoms with Gasteiger partial charge in [0, 0.05) is 11.8 Å². The molecule has 12 heavy (non-hydrogen) atoms. The molecule has 0 atom stereocenters. The topological polar surface area (TPSA) is 62.3 Å². The summed E-state index contributed by atoms with van der Waals surface area (Å²) in [6.07, 6.45) is 3.57. The van der Waals surface area contributed by atoms with E-state index in [-0.39, 0.29) is 5.69 Å². The van der Waals surface area contributed by atoms with Crippen LogP contribution in [0, 0.1) is 0 Å². The molecule has 0 fully saturated rings. The number of rotatable bonds is 1. The fourth-order valence-electron chi connectivity index (χ4n) is 1.40. The molecular formula is C8H9NO3. The number of aromatic amines is 1. The zero-order valence-electron chi connectivity index (χ0n) is 6.46. The van der Waals surface area contributed by atoms with Crippen LogP contribution in [0.15, 0.2) is 6.20 Å². The molecule has 0 radical (unpaired) electrons. The van der Waals surface area contributed by atoms with Crippen molar-refractivity contribution in [1.29, 1.82) is 0 Å². The maximum Gasteiger partial charge on any atom is 0.356 e. The number of aryl methyl sites for hydroxylation is 1. The quantitative estimate of drug-likeness (QED) is 0.656. The lowest BCUT2D eigenvalue weighted by molar-refractivity contribution is 0.0686. The van der Waals surface area contributed by atoms with Gasteiger partial charge in [-0.15, -0.1) is 0 Å². The van der Waals surface area contributed by atoms with Crippen molar-refractivity contribution < 1.29 is 14.6 Å². The third-order valence-electron chi connectivity index (χ3n) is 1.96. The Bertz CT molecular complexity index is 316. The number of aromatic nitrogens is 1. The second-order valence-corrected chi connectivity index (χ2v) is 2.78. The minimum absolute atomic E-state index is 0.171. The van der Waals surface area contributed by atoms with Crippen LogP contribution in [-0.4, -0.2) is 22.7 Å². The van der Waals surface area contributed by atoms with Crippen LogP contribution in [0.4, 0.5) is 0 Å². The second-order valence-electron chi connectivity index (χ2n) is 2.78. The maximum atomic E-state index is 10.6. The van der Waals surface area contributed by atoms with E-state index in [1.165, 1.54) is 0 Å². The van der Waals surface area contributed by atoms with Crippen molar-refractivity contribution >= 4 is 5.97 Å². The van der Waals surface area contributed by atoms with Crippen LogP contribution in [-0.2, 0) is 6.42 Å². The first-order valence-corrected chi connectivity index (χ1v) is 3.85. The molecule has 0 saturated heterocycles. The van der Waals surface area contributed by atoms with Crippen LogP contribution in [0.25, 0.3) is 0 Å². The fraction of sp³-hybridized carbons (Fsp3) is 0.375. The standard InChI is InChI=1S/C8H9NO3/c10-8(11)6-7-5(4-9-6)2-1-3-12-7/h4,9H,1-3H2,(H,10,11). The molecule has 0 bridgehead atoms. The molecule has 1 aliphatic rings. The van der Waals surface area contributed by atoms with Crippen molar-refractivity contribution in [2.45, 2.75) is 12.8 Å². The van der Waals surface area contributed by atoms with Gasteiger partial charge in [0.25, 0.3) is 0 Å². The highest BCUT2D eigenvalue weighted by Crippen LogP contribution is 2.28. The highest BCUT2D eigenvalue weighted by atomic mass is 16.5. The third kappa shape index (κ3) is 0.958. The normalized spacial score (nSPS) is 15.0. The van der Waals surface area contributed by atoms with Crippen LogP contribution in [0.1, 0.15) is 22.5 Å². The van der Waals surface area contributed by atoms with Crippen LogP contribution < -0.4 is 4.74 Å². The minimum Gasteiger partial charge on any atom is -0.491 e. The molecule has 0 aliphatic carbocycles. The van der Waals surface area contributed by atoms with E-state index in [1.807, 2.05) is 0 Å². The van der Waals surface area contributed by atoms with Gasteiger partial charge in [-0.3, -0.25) is 0 Å². The number of carboxylic acids is 1. The predicted octanol–water partition coefficient (Wildman–Crippen LogP) is 1.04. The summed E-state index contributed by atoms with van der Waals surface area (Å²) in [6.45, 7) is 0.616. The SMILES string of the molecule is O=C(O)c1[nH]cc2c1OCCC2. The molecule has 2 N–H and O–H groups in total. The molecule has 0 aromatic carbocycles. The van der Waals surface area contributed by atoms with E-state index in [0.29, 0.717) is 12.4 Å². The van der Waals surface area contributed by atoms with Crippen LogP contribution in [0.3, 0.4) is 0 Å². The lowest BCUT2D eigenvalue weighted by Crippen LogP contribution is -2.09. The van der Waals surface area contributed by atoms with E-state index in [0.717, 1.165) is 18.4 Å². The van der Waals surface area contributed by atoms with Crippen LogP contribution >= 0.6 is 0 Å². The number of carboxylic acid groups (broad SMARTS) is 1. The maximum absolute atomic E-state index is 10.6. The van der Waals surface area contributed by atoms with Gasteiger partial charge >= 0.3 is 5.97 Å². The molecule has 64 valence electrons. The summed E-state index contributed by atoms with van der Waals surface area (Å²) in [4.78, 5) is 13.3. The molecule has 0 unspecified atom stereocenters. The van der Waals surface area contributed by atoms with E-state index in [4.69, 9.17) is 9.84 Å². The van der Waals surface area contributed by atoms with Gasteiger partial charge < -0.3 is 14.8 Å². The predicted molar refractivity (Wildman–Crippen MR) is 41.6 cm³/mol.